The van der Waals surface area contributed by atoms with E-state index in [1.807, 2.05) is 13.8 Å². The molecule has 2 fully saturated rings. The van der Waals surface area contributed by atoms with Gasteiger partial charge in [0.25, 0.3) is 5.56 Å². The number of nitrogens with zero attached hydrogens (tertiary/aromatic N) is 3. The largest absolute Gasteiger partial charge is 0.393 e. The summed E-state index contributed by atoms with van der Waals surface area (Å²) in [6, 6.07) is 0. The second kappa shape index (κ2) is 6.37. The lowest BCUT2D eigenvalue weighted by Gasteiger charge is -2.33. The maximum Gasteiger partial charge on any atom is 0.332 e. The summed E-state index contributed by atoms with van der Waals surface area (Å²) in [4.78, 5) is 33.8. The standard InChI is InChI=1S/C19H28N4O3/c1-3-9-22-15-14(16(25)23(10-4-2)18(22)26)20-17(21-15)19-7-5-12(11-19)13(24)6-8-19/h12-13,24H,3-11H2,1-2H3,(H,20,21). The number of aromatic nitrogens is 4. The van der Waals surface area contributed by atoms with Crippen LogP contribution in [0.1, 0.15) is 64.6 Å². The quantitative estimate of drug-likeness (QED) is 0.852. The molecule has 142 valence electrons. The smallest absolute Gasteiger partial charge is 0.332 e. The van der Waals surface area contributed by atoms with Gasteiger partial charge in [0.05, 0.1) is 6.10 Å². The number of aryl methyl sites for hydroxylation is 1. The minimum absolute atomic E-state index is 0.0853. The Hall–Kier alpha value is -1.89. The van der Waals surface area contributed by atoms with Crippen LogP contribution in [0.3, 0.4) is 0 Å². The highest BCUT2D eigenvalue weighted by Crippen LogP contribution is 2.52. The Bertz CT molecular complexity index is 941. The molecule has 2 aromatic rings. The molecule has 3 atom stereocenters. The molecular formula is C19H28N4O3. The number of aromatic amines is 1. The molecule has 2 N–H and O–H groups in total. The van der Waals surface area contributed by atoms with Gasteiger partial charge in [-0.1, -0.05) is 13.8 Å². The van der Waals surface area contributed by atoms with Gasteiger partial charge in [-0.05, 0) is 50.9 Å². The summed E-state index contributed by atoms with van der Waals surface area (Å²) in [5.74, 6) is 1.16. The Balaban J connectivity index is 1.90. The third-order valence-electron chi connectivity index (χ3n) is 6.37. The van der Waals surface area contributed by atoms with Gasteiger partial charge in [0, 0.05) is 18.5 Å². The van der Waals surface area contributed by atoms with Crippen LogP contribution in [0.4, 0.5) is 0 Å². The van der Waals surface area contributed by atoms with E-state index in [4.69, 9.17) is 4.98 Å². The third kappa shape index (κ3) is 2.47. The fourth-order valence-electron chi connectivity index (χ4n) is 4.98. The van der Waals surface area contributed by atoms with Crippen molar-refractivity contribution in [1.82, 2.24) is 19.1 Å². The van der Waals surface area contributed by atoms with E-state index in [2.05, 4.69) is 4.98 Å². The highest BCUT2D eigenvalue weighted by Gasteiger charge is 2.48. The topological polar surface area (TPSA) is 92.9 Å². The third-order valence-corrected chi connectivity index (χ3v) is 6.37. The Morgan fingerprint density at radius 3 is 2.58 bits per heavy atom. The molecular weight excluding hydrogens is 332 g/mol. The van der Waals surface area contributed by atoms with E-state index in [-0.39, 0.29) is 22.8 Å². The van der Waals surface area contributed by atoms with Crippen molar-refractivity contribution in [2.45, 2.75) is 83.4 Å². The van der Waals surface area contributed by atoms with Crippen molar-refractivity contribution in [2.75, 3.05) is 0 Å². The van der Waals surface area contributed by atoms with Crippen molar-refractivity contribution in [3.8, 4) is 0 Å². The van der Waals surface area contributed by atoms with Gasteiger partial charge in [-0.15, -0.1) is 0 Å². The summed E-state index contributed by atoms with van der Waals surface area (Å²) in [5, 5.41) is 10.2. The van der Waals surface area contributed by atoms with Crippen LogP contribution < -0.4 is 11.2 Å². The molecule has 2 aromatic heterocycles. The monoisotopic (exact) mass is 360 g/mol. The lowest BCUT2D eigenvalue weighted by molar-refractivity contribution is 0.0679. The van der Waals surface area contributed by atoms with E-state index < -0.39 is 0 Å². The summed E-state index contributed by atoms with van der Waals surface area (Å²) in [6.45, 7) is 4.95. The first kappa shape index (κ1) is 17.5. The minimum atomic E-state index is -0.264. The van der Waals surface area contributed by atoms with E-state index >= 15 is 0 Å². The molecule has 7 nitrogen and oxygen atoms in total. The molecule has 2 heterocycles. The van der Waals surface area contributed by atoms with Crippen LogP contribution in [0.25, 0.3) is 11.2 Å². The number of rotatable bonds is 5. The molecule has 0 aliphatic heterocycles. The van der Waals surface area contributed by atoms with Crippen LogP contribution in [0.2, 0.25) is 0 Å². The number of hydrogen-bond acceptors (Lipinski definition) is 4. The summed E-state index contributed by atoms with van der Waals surface area (Å²) in [5.41, 5.74) is 0.335. The lowest BCUT2D eigenvalue weighted by Crippen LogP contribution is -2.40. The fourth-order valence-corrected chi connectivity index (χ4v) is 4.98. The molecule has 7 heteroatoms. The average molecular weight is 360 g/mol. The zero-order chi connectivity index (χ0) is 18.5. The molecule has 3 unspecified atom stereocenters. The predicted octanol–water partition coefficient (Wildman–Crippen LogP) is 1.90. The number of imidazole rings is 1. The van der Waals surface area contributed by atoms with Crippen LogP contribution in [-0.2, 0) is 18.5 Å². The number of aliphatic hydroxyl groups excluding tert-OH is 1. The predicted molar refractivity (Wildman–Crippen MR) is 99.5 cm³/mol. The summed E-state index contributed by atoms with van der Waals surface area (Å²) < 4.78 is 2.98. The van der Waals surface area contributed by atoms with Crippen molar-refractivity contribution in [1.29, 1.82) is 0 Å². The minimum Gasteiger partial charge on any atom is -0.393 e. The van der Waals surface area contributed by atoms with Crippen LogP contribution in [0.5, 0.6) is 0 Å². The average Bonchev–Trinajstić information content (AvgIpc) is 3.23. The van der Waals surface area contributed by atoms with Crippen molar-refractivity contribution in [2.24, 2.45) is 5.92 Å². The van der Waals surface area contributed by atoms with Gasteiger partial charge in [0.15, 0.2) is 5.65 Å². The Morgan fingerprint density at radius 1 is 1.15 bits per heavy atom. The summed E-state index contributed by atoms with van der Waals surface area (Å²) in [6.07, 6.45) is 5.88. The molecule has 0 radical (unpaired) electrons. The molecule has 2 aliphatic carbocycles. The van der Waals surface area contributed by atoms with Gasteiger partial charge in [-0.25, -0.2) is 9.78 Å². The molecule has 0 saturated heterocycles. The Morgan fingerprint density at radius 2 is 1.85 bits per heavy atom. The number of fused-ring (bicyclic) bond motifs is 3. The first-order valence-electron chi connectivity index (χ1n) is 9.92. The van der Waals surface area contributed by atoms with Crippen LogP contribution in [0, 0.1) is 5.92 Å². The van der Waals surface area contributed by atoms with E-state index in [1.165, 1.54) is 4.57 Å². The molecule has 2 saturated carbocycles. The van der Waals surface area contributed by atoms with Crippen LogP contribution >= 0.6 is 0 Å². The normalized spacial score (nSPS) is 28.1. The molecule has 26 heavy (non-hydrogen) atoms. The Labute approximate surface area is 152 Å². The molecule has 2 aliphatic rings. The maximum absolute atomic E-state index is 12.9. The van der Waals surface area contributed by atoms with Crippen molar-refractivity contribution in [3.63, 3.8) is 0 Å². The van der Waals surface area contributed by atoms with Gasteiger partial charge in [0.1, 0.15) is 11.3 Å². The number of aliphatic hydroxyl groups is 1. The molecule has 2 bridgehead atoms. The van der Waals surface area contributed by atoms with Gasteiger partial charge < -0.3 is 10.1 Å². The first-order chi connectivity index (χ1) is 12.5. The molecule has 0 aromatic carbocycles. The summed E-state index contributed by atoms with van der Waals surface area (Å²) >= 11 is 0. The second-order valence-electron chi connectivity index (χ2n) is 8.06. The van der Waals surface area contributed by atoms with Gasteiger partial charge in [-0.2, -0.15) is 0 Å². The Kier molecular flexibility index (Phi) is 4.29. The highest BCUT2D eigenvalue weighted by molar-refractivity contribution is 5.70. The van der Waals surface area contributed by atoms with Gasteiger partial charge >= 0.3 is 5.69 Å². The molecule has 0 amide bonds. The van der Waals surface area contributed by atoms with Crippen molar-refractivity contribution in [3.05, 3.63) is 26.7 Å². The number of H-pyrrole nitrogens is 1. The molecule has 0 spiro atoms. The zero-order valence-corrected chi connectivity index (χ0v) is 15.6. The van der Waals surface area contributed by atoms with E-state index in [9.17, 15) is 14.7 Å². The summed E-state index contributed by atoms with van der Waals surface area (Å²) in [7, 11) is 0. The van der Waals surface area contributed by atoms with Crippen molar-refractivity contribution < 1.29 is 5.11 Å². The van der Waals surface area contributed by atoms with E-state index in [1.54, 1.807) is 4.57 Å². The van der Waals surface area contributed by atoms with Crippen molar-refractivity contribution >= 4 is 11.2 Å². The first-order valence-corrected chi connectivity index (χ1v) is 9.92. The number of nitrogens with one attached hydrogen (secondary N) is 1. The lowest BCUT2D eigenvalue weighted by atomic mass is 9.74. The maximum atomic E-state index is 12.9. The SMILES string of the molecule is CCCn1c(=O)c2[nH]c(C34CCC(O)C(CC3)C4)nc2n(CCC)c1=O. The van der Waals surface area contributed by atoms with Crippen LogP contribution in [0.15, 0.2) is 9.59 Å². The van der Waals surface area contributed by atoms with Crippen LogP contribution in [-0.4, -0.2) is 30.3 Å². The highest BCUT2D eigenvalue weighted by atomic mass is 16.3. The van der Waals surface area contributed by atoms with Gasteiger partial charge in [-0.3, -0.25) is 13.9 Å². The zero-order valence-electron chi connectivity index (χ0n) is 15.6. The number of hydrogen-bond donors (Lipinski definition) is 2. The van der Waals surface area contributed by atoms with Gasteiger partial charge in [0.2, 0.25) is 0 Å². The van der Waals surface area contributed by atoms with E-state index in [0.717, 1.165) is 50.8 Å². The second-order valence-corrected chi connectivity index (χ2v) is 8.06. The fraction of sp³-hybridized carbons (Fsp3) is 0.737. The van der Waals surface area contributed by atoms with E-state index in [0.29, 0.717) is 30.2 Å². The molecule has 4 rings (SSSR count).